The number of imidazole rings is 1. The summed E-state index contributed by atoms with van der Waals surface area (Å²) in [5.41, 5.74) is 3.41. The number of halogens is 1. The van der Waals surface area contributed by atoms with Gasteiger partial charge in [0.2, 0.25) is 0 Å². The Morgan fingerprint density at radius 3 is 2.85 bits per heavy atom. The Bertz CT molecular complexity index is 554. The molecule has 5 heteroatoms. The monoisotopic (exact) mass is 296 g/mol. The molecule has 0 fully saturated rings. The number of aromatic nitrogens is 2. The molecule has 20 heavy (non-hydrogen) atoms. The van der Waals surface area contributed by atoms with Gasteiger partial charge in [-0.3, -0.25) is 0 Å². The second-order valence-electron chi connectivity index (χ2n) is 4.72. The van der Waals surface area contributed by atoms with Crippen molar-refractivity contribution in [3.63, 3.8) is 0 Å². The number of hydrogen-bond donors (Lipinski definition) is 0. The predicted molar refractivity (Wildman–Crippen MR) is 81.6 cm³/mol. The maximum Gasteiger partial charge on any atom is 0.111 e. The number of alkyl halides is 1. The fourth-order valence-electron chi connectivity index (χ4n) is 2.21. The molecule has 0 amide bonds. The van der Waals surface area contributed by atoms with Crippen molar-refractivity contribution in [3.8, 4) is 0 Å². The van der Waals surface area contributed by atoms with Crippen LogP contribution in [0.4, 0.5) is 0 Å². The largest absolute Gasteiger partial charge is 0.382 e. The summed E-state index contributed by atoms with van der Waals surface area (Å²) in [6, 6.07) is 6.30. The number of methoxy groups -OCH3 is 1. The van der Waals surface area contributed by atoms with Gasteiger partial charge in [-0.2, -0.15) is 0 Å². The number of nitrogens with zero attached hydrogens (tertiary/aromatic N) is 2. The molecule has 0 bridgehead atoms. The number of rotatable bonds is 8. The summed E-state index contributed by atoms with van der Waals surface area (Å²) in [4.78, 5) is 4.66. The molecular weight excluding hydrogens is 276 g/mol. The molecule has 1 aromatic carbocycles. The Morgan fingerprint density at radius 2 is 2.10 bits per heavy atom. The lowest BCUT2D eigenvalue weighted by atomic mass is 10.2. The lowest BCUT2D eigenvalue weighted by molar-refractivity contribution is 0.0667. The number of aryl methyl sites for hydroxylation is 2. The van der Waals surface area contributed by atoms with Crippen molar-refractivity contribution in [1.82, 2.24) is 9.55 Å². The van der Waals surface area contributed by atoms with Crippen molar-refractivity contribution in [2.45, 2.75) is 19.9 Å². The second kappa shape index (κ2) is 7.62. The van der Waals surface area contributed by atoms with E-state index in [0.29, 0.717) is 25.7 Å². The standard InChI is InChI=1S/C15H21ClN2O2/c1-12-3-4-13-14(11-12)18(15(17-13)5-6-16)7-8-20-10-9-19-2/h3-4,11H,5-10H2,1-2H3. The highest BCUT2D eigenvalue weighted by Crippen LogP contribution is 2.18. The first kappa shape index (κ1) is 15.3. The fraction of sp³-hybridized carbons (Fsp3) is 0.533. The number of ether oxygens (including phenoxy) is 2. The van der Waals surface area contributed by atoms with Crippen molar-refractivity contribution < 1.29 is 9.47 Å². The summed E-state index contributed by atoms with van der Waals surface area (Å²) in [7, 11) is 1.67. The van der Waals surface area contributed by atoms with Crippen LogP contribution in [0.25, 0.3) is 11.0 Å². The van der Waals surface area contributed by atoms with E-state index in [1.807, 2.05) is 0 Å². The van der Waals surface area contributed by atoms with Gasteiger partial charge in [-0.05, 0) is 24.6 Å². The van der Waals surface area contributed by atoms with Gasteiger partial charge >= 0.3 is 0 Å². The SMILES string of the molecule is COCCOCCn1c(CCCl)nc2ccc(C)cc21. The first-order valence-electron chi connectivity index (χ1n) is 6.84. The molecule has 1 aromatic heterocycles. The van der Waals surface area contributed by atoms with E-state index in [0.717, 1.165) is 29.8 Å². The summed E-state index contributed by atoms with van der Waals surface area (Å²) in [5.74, 6) is 1.60. The molecule has 0 saturated heterocycles. The molecule has 0 saturated carbocycles. The molecule has 1 heterocycles. The first-order chi connectivity index (χ1) is 9.76. The zero-order chi connectivity index (χ0) is 14.4. The first-order valence-corrected chi connectivity index (χ1v) is 7.38. The number of hydrogen-bond acceptors (Lipinski definition) is 3. The van der Waals surface area contributed by atoms with Crippen LogP contribution in [0.2, 0.25) is 0 Å². The number of benzene rings is 1. The highest BCUT2D eigenvalue weighted by Gasteiger charge is 2.10. The Kier molecular flexibility index (Phi) is 5.83. The lowest BCUT2D eigenvalue weighted by Crippen LogP contribution is -2.12. The summed E-state index contributed by atoms with van der Waals surface area (Å²) in [5, 5.41) is 0. The topological polar surface area (TPSA) is 36.3 Å². The van der Waals surface area contributed by atoms with E-state index in [4.69, 9.17) is 21.1 Å². The van der Waals surface area contributed by atoms with Crippen LogP contribution in [0.15, 0.2) is 18.2 Å². The molecule has 4 nitrogen and oxygen atoms in total. The van der Waals surface area contributed by atoms with Crippen molar-refractivity contribution >= 4 is 22.6 Å². The van der Waals surface area contributed by atoms with Gasteiger partial charge in [-0.15, -0.1) is 11.6 Å². The van der Waals surface area contributed by atoms with Crippen LogP contribution in [-0.4, -0.2) is 42.4 Å². The number of fused-ring (bicyclic) bond motifs is 1. The third-order valence-electron chi connectivity index (χ3n) is 3.19. The summed E-state index contributed by atoms with van der Waals surface area (Å²) >= 11 is 5.87. The van der Waals surface area contributed by atoms with E-state index in [9.17, 15) is 0 Å². The molecule has 0 aliphatic rings. The Morgan fingerprint density at radius 1 is 1.25 bits per heavy atom. The molecule has 0 N–H and O–H groups in total. The quantitative estimate of drug-likeness (QED) is 0.555. The minimum Gasteiger partial charge on any atom is -0.382 e. The van der Waals surface area contributed by atoms with Gasteiger partial charge in [0.05, 0.1) is 30.9 Å². The summed E-state index contributed by atoms with van der Waals surface area (Å²) in [6.45, 7) is 4.77. The maximum atomic E-state index is 5.87. The lowest BCUT2D eigenvalue weighted by Gasteiger charge is -2.09. The molecular formula is C15H21ClN2O2. The van der Waals surface area contributed by atoms with Gasteiger partial charge in [0.1, 0.15) is 5.82 Å². The fourth-order valence-corrected chi connectivity index (χ4v) is 2.38. The van der Waals surface area contributed by atoms with Crippen molar-refractivity contribution in [3.05, 3.63) is 29.6 Å². The van der Waals surface area contributed by atoms with Gasteiger partial charge in [-0.1, -0.05) is 6.07 Å². The highest BCUT2D eigenvalue weighted by molar-refractivity contribution is 6.17. The molecule has 2 aromatic rings. The van der Waals surface area contributed by atoms with Gasteiger partial charge in [0.15, 0.2) is 0 Å². The van der Waals surface area contributed by atoms with Crippen LogP contribution in [0.1, 0.15) is 11.4 Å². The highest BCUT2D eigenvalue weighted by atomic mass is 35.5. The zero-order valence-electron chi connectivity index (χ0n) is 12.1. The third-order valence-corrected chi connectivity index (χ3v) is 3.38. The Balaban J connectivity index is 2.15. The minimum atomic E-state index is 0.576. The normalized spacial score (nSPS) is 11.3. The molecule has 0 aliphatic heterocycles. The zero-order valence-corrected chi connectivity index (χ0v) is 12.8. The average molecular weight is 297 g/mol. The van der Waals surface area contributed by atoms with Gasteiger partial charge in [0, 0.05) is 26.0 Å². The van der Waals surface area contributed by atoms with E-state index in [1.165, 1.54) is 5.56 Å². The van der Waals surface area contributed by atoms with Crippen LogP contribution < -0.4 is 0 Å². The van der Waals surface area contributed by atoms with E-state index < -0.39 is 0 Å². The molecule has 0 aliphatic carbocycles. The minimum absolute atomic E-state index is 0.576. The summed E-state index contributed by atoms with van der Waals surface area (Å²) < 4.78 is 12.7. The van der Waals surface area contributed by atoms with E-state index in [2.05, 4.69) is 34.7 Å². The van der Waals surface area contributed by atoms with Gasteiger partial charge < -0.3 is 14.0 Å². The van der Waals surface area contributed by atoms with Crippen molar-refractivity contribution in [2.24, 2.45) is 0 Å². The smallest absolute Gasteiger partial charge is 0.111 e. The van der Waals surface area contributed by atoms with E-state index in [-0.39, 0.29) is 0 Å². The molecule has 2 rings (SSSR count). The third kappa shape index (κ3) is 3.72. The molecule has 0 radical (unpaired) electrons. The van der Waals surface area contributed by atoms with Crippen molar-refractivity contribution in [2.75, 3.05) is 32.8 Å². The molecule has 110 valence electrons. The van der Waals surface area contributed by atoms with Gasteiger partial charge in [0.25, 0.3) is 0 Å². The Hall–Kier alpha value is -1.10. The van der Waals surface area contributed by atoms with Crippen molar-refractivity contribution in [1.29, 1.82) is 0 Å². The van der Waals surface area contributed by atoms with Gasteiger partial charge in [-0.25, -0.2) is 4.98 Å². The average Bonchev–Trinajstić information content (AvgIpc) is 2.76. The second-order valence-corrected chi connectivity index (χ2v) is 5.09. The van der Waals surface area contributed by atoms with E-state index >= 15 is 0 Å². The predicted octanol–water partition coefficient (Wildman–Crippen LogP) is 2.79. The molecule has 0 spiro atoms. The van der Waals surface area contributed by atoms with Crippen LogP contribution in [-0.2, 0) is 22.4 Å². The van der Waals surface area contributed by atoms with Crippen LogP contribution in [0, 0.1) is 6.92 Å². The molecule has 0 unspecified atom stereocenters. The van der Waals surface area contributed by atoms with E-state index in [1.54, 1.807) is 7.11 Å². The maximum absolute atomic E-state index is 5.87. The van der Waals surface area contributed by atoms with Crippen LogP contribution in [0.3, 0.4) is 0 Å². The van der Waals surface area contributed by atoms with Crippen LogP contribution >= 0.6 is 11.6 Å². The van der Waals surface area contributed by atoms with Crippen LogP contribution in [0.5, 0.6) is 0 Å². The molecule has 0 atom stereocenters. The summed E-state index contributed by atoms with van der Waals surface area (Å²) in [6.07, 6.45) is 0.771. The Labute approximate surface area is 124 Å².